The van der Waals surface area contributed by atoms with Gasteiger partial charge in [-0.05, 0) is 25.2 Å². The van der Waals surface area contributed by atoms with Crippen molar-refractivity contribution in [2.45, 2.75) is 47.5 Å². The van der Waals surface area contributed by atoms with Gasteiger partial charge in [-0.2, -0.15) is 0 Å². The molecule has 0 spiro atoms. The van der Waals surface area contributed by atoms with Crippen LogP contribution in [0.3, 0.4) is 0 Å². The zero-order chi connectivity index (χ0) is 15.8. The quantitative estimate of drug-likeness (QED) is 0.605. The van der Waals surface area contributed by atoms with Crippen molar-refractivity contribution in [3.8, 4) is 0 Å². The molecule has 0 radical (unpaired) electrons. The molecule has 0 rings (SSSR count). The molecule has 0 aromatic rings. The number of hydrogen-bond donors (Lipinski definition) is 2. The summed E-state index contributed by atoms with van der Waals surface area (Å²) in [7, 11) is 0. The Morgan fingerprint density at radius 2 is 1.85 bits per heavy atom. The summed E-state index contributed by atoms with van der Waals surface area (Å²) in [6, 6.07) is 0. The summed E-state index contributed by atoms with van der Waals surface area (Å²) in [5, 5.41) is 12.0. The summed E-state index contributed by atoms with van der Waals surface area (Å²) in [6.45, 7) is 11.3. The summed E-state index contributed by atoms with van der Waals surface area (Å²) in [6.07, 6.45) is 0.747. The Hall–Kier alpha value is -1.10. The Labute approximate surface area is 122 Å². The van der Waals surface area contributed by atoms with Crippen LogP contribution >= 0.6 is 0 Å². The van der Waals surface area contributed by atoms with E-state index in [1.807, 2.05) is 13.8 Å². The summed E-state index contributed by atoms with van der Waals surface area (Å²) in [5.41, 5.74) is -1.02. The molecular weight excluding hydrogens is 258 g/mol. The predicted octanol–water partition coefficient (Wildman–Crippen LogP) is 2.30. The minimum atomic E-state index is -1.02. The normalized spacial score (nSPS) is 14.3. The smallest absolute Gasteiger partial charge is 0.310 e. The van der Waals surface area contributed by atoms with Crippen LogP contribution in [0.25, 0.3) is 0 Å². The van der Waals surface area contributed by atoms with Gasteiger partial charge in [0.2, 0.25) is 5.91 Å². The Morgan fingerprint density at radius 3 is 2.30 bits per heavy atom. The lowest BCUT2D eigenvalue weighted by atomic mass is 9.76. The average molecular weight is 287 g/mol. The Bertz CT molecular complexity index is 315. The third-order valence-electron chi connectivity index (χ3n) is 3.53. The largest absolute Gasteiger partial charge is 0.481 e. The van der Waals surface area contributed by atoms with Crippen LogP contribution in [0.5, 0.6) is 0 Å². The van der Waals surface area contributed by atoms with Crippen LogP contribution in [0.4, 0.5) is 0 Å². The van der Waals surface area contributed by atoms with Crippen molar-refractivity contribution in [3.05, 3.63) is 0 Å². The standard InChI is InChI=1S/C15H29NO4/c1-11(2)10-20-8-6-7-16-13(17)9-15(5,12(3)4)14(18)19/h11-12H,6-10H2,1-5H3,(H,16,17)(H,18,19). The molecule has 0 heterocycles. The Morgan fingerprint density at radius 1 is 1.25 bits per heavy atom. The fourth-order valence-corrected chi connectivity index (χ4v) is 1.64. The number of carboxylic acid groups (broad SMARTS) is 1. The van der Waals surface area contributed by atoms with E-state index in [4.69, 9.17) is 4.74 Å². The van der Waals surface area contributed by atoms with Gasteiger partial charge in [-0.25, -0.2) is 0 Å². The molecule has 0 saturated heterocycles. The molecular formula is C15H29NO4. The molecule has 20 heavy (non-hydrogen) atoms. The van der Waals surface area contributed by atoms with E-state index in [0.717, 1.165) is 13.0 Å². The van der Waals surface area contributed by atoms with E-state index in [1.165, 1.54) is 0 Å². The minimum absolute atomic E-state index is 0.00680. The molecule has 0 aliphatic heterocycles. The van der Waals surface area contributed by atoms with Crippen molar-refractivity contribution in [1.82, 2.24) is 5.32 Å². The Kier molecular flexibility index (Phi) is 8.46. The predicted molar refractivity (Wildman–Crippen MR) is 78.5 cm³/mol. The molecule has 1 unspecified atom stereocenters. The van der Waals surface area contributed by atoms with Gasteiger partial charge in [-0.1, -0.05) is 27.7 Å². The lowest BCUT2D eigenvalue weighted by Gasteiger charge is -2.28. The van der Waals surface area contributed by atoms with E-state index in [0.29, 0.717) is 19.1 Å². The second kappa shape index (κ2) is 8.95. The van der Waals surface area contributed by atoms with Gasteiger partial charge >= 0.3 is 5.97 Å². The van der Waals surface area contributed by atoms with Crippen molar-refractivity contribution in [1.29, 1.82) is 0 Å². The molecule has 0 aromatic heterocycles. The topological polar surface area (TPSA) is 75.6 Å². The molecule has 0 aliphatic carbocycles. The molecule has 1 amide bonds. The molecule has 1 atom stereocenters. The van der Waals surface area contributed by atoms with E-state index in [2.05, 4.69) is 19.2 Å². The van der Waals surface area contributed by atoms with E-state index in [1.54, 1.807) is 6.92 Å². The molecule has 0 saturated carbocycles. The van der Waals surface area contributed by atoms with E-state index < -0.39 is 11.4 Å². The second-order valence-corrected chi connectivity index (χ2v) is 6.23. The molecule has 5 nitrogen and oxygen atoms in total. The van der Waals surface area contributed by atoms with Crippen molar-refractivity contribution in [3.63, 3.8) is 0 Å². The van der Waals surface area contributed by atoms with Crippen molar-refractivity contribution < 1.29 is 19.4 Å². The number of ether oxygens (including phenoxy) is 1. The zero-order valence-corrected chi connectivity index (χ0v) is 13.4. The number of carbonyl (C=O) groups excluding carboxylic acids is 1. The lowest BCUT2D eigenvalue weighted by molar-refractivity contribution is -0.153. The number of carbonyl (C=O) groups is 2. The highest BCUT2D eigenvalue weighted by atomic mass is 16.5. The number of amides is 1. The summed E-state index contributed by atoms with van der Waals surface area (Å²) < 4.78 is 5.41. The first-order chi connectivity index (χ1) is 9.20. The van der Waals surface area contributed by atoms with Crippen molar-refractivity contribution >= 4 is 11.9 Å². The molecule has 0 fully saturated rings. The average Bonchev–Trinajstić information content (AvgIpc) is 2.32. The van der Waals surface area contributed by atoms with Crippen LogP contribution in [-0.2, 0) is 14.3 Å². The number of carboxylic acids is 1. The molecule has 2 N–H and O–H groups in total. The van der Waals surface area contributed by atoms with Crippen LogP contribution in [0.1, 0.15) is 47.5 Å². The maximum atomic E-state index is 11.8. The summed E-state index contributed by atoms with van der Waals surface area (Å²) in [5.74, 6) is -0.734. The van der Waals surface area contributed by atoms with Gasteiger partial charge in [-0.3, -0.25) is 9.59 Å². The van der Waals surface area contributed by atoms with E-state index in [9.17, 15) is 14.7 Å². The highest BCUT2D eigenvalue weighted by Gasteiger charge is 2.38. The number of aliphatic carboxylic acids is 1. The number of hydrogen-bond acceptors (Lipinski definition) is 3. The molecule has 118 valence electrons. The van der Waals surface area contributed by atoms with Crippen molar-refractivity contribution in [2.24, 2.45) is 17.3 Å². The van der Waals surface area contributed by atoms with Gasteiger partial charge in [0, 0.05) is 26.2 Å². The van der Waals surface area contributed by atoms with E-state index >= 15 is 0 Å². The van der Waals surface area contributed by atoms with Crippen LogP contribution in [0.15, 0.2) is 0 Å². The SMILES string of the molecule is CC(C)COCCCNC(=O)CC(C)(C(=O)O)C(C)C. The summed E-state index contributed by atoms with van der Waals surface area (Å²) in [4.78, 5) is 23.1. The fourth-order valence-electron chi connectivity index (χ4n) is 1.64. The van der Waals surface area contributed by atoms with Crippen LogP contribution in [-0.4, -0.2) is 36.7 Å². The lowest BCUT2D eigenvalue weighted by Crippen LogP contribution is -2.39. The van der Waals surface area contributed by atoms with Gasteiger partial charge in [0.05, 0.1) is 5.41 Å². The first-order valence-electron chi connectivity index (χ1n) is 7.28. The Balaban J connectivity index is 3.96. The third kappa shape index (κ3) is 6.89. The first-order valence-corrected chi connectivity index (χ1v) is 7.28. The number of nitrogens with one attached hydrogen (secondary N) is 1. The van der Waals surface area contributed by atoms with Crippen LogP contribution in [0.2, 0.25) is 0 Å². The van der Waals surface area contributed by atoms with Gasteiger partial charge in [0.15, 0.2) is 0 Å². The molecule has 5 heteroatoms. The molecule has 0 aliphatic rings. The highest BCUT2D eigenvalue weighted by Crippen LogP contribution is 2.31. The van der Waals surface area contributed by atoms with Gasteiger partial charge < -0.3 is 15.2 Å². The molecule has 0 bridgehead atoms. The number of rotatable bonds is 10. The van der Waals surface area contributed by atoms with Gasteiger partial charge in [0.25, 0.3) is 0 Å². The minimum Gasteiger partial charge on any atom is -0.481 e. The maximum Gasteiger partial charge on any atom is 0.310 e. The van der Waals surface area contributed by atoms with Gasteiger partial charge in [0.1, 0.15) is 0 Å². The van der Waals surface area contributed by atoms with E-state index in [-0.39, 0.29) is 18.2 Å². The summed E-state index contributed by atoms with van der Waals surface area (Å²) >= 11 is 0. The van der Waals surface area contributed by atoms with Crippen molar-refractivity contribution in [2.75, 3.05) is 19.8 Å². The van der Waals surface area contributed by atoms with Crippen LogP contribution in [0, 0.1) is 17.3 Å². The zero-order valence-electron chi connectivity index (χ0n) is 13.4. The monoisotopic (exact) mass is 287 g/mol. The third-order valence-corrected chi connectivity index (χ3v) is 3.53. The maximum absolute atomic E-state index is 11.8. The second-order valence-electron chi connectivity index (χ2n) is 6.23. The first kappa shape index (κ1) is 18.9. The molecule has 0 aromatic carbocycles. The fraction of sp³-hybridized carbons (Fsp3) is 0.867. The van der Waals surface area contributed by atoms with Gasteiger partial charge in [-0.15, -0.1) is 0 Å². The highest BCUT2D eigenvalue weighted by molar-refractivity contribution is 5.84. The van der Waals surface area contributed by atoms with Crippen LogP contribution < -0.4 is 5.32 Å².